The van der Waals surface area contributed by atoms with E-state index < -0.39 is 5.82 Å². The number of azide groups is 1. The Bertz CT molecular complexity index is 386. The van der Waals surface area contributed by atoms with Gasteiger partial charge in [-0.2, -0.15) is 0 Å². The molecule has 0 spiro atoms. The standard InChI is InChI=1S/C10H12FN3O/c1-7(2)6-15-10-8(11)4-3-5-9(10)13-14-12/h3-5,7H,6H2,1-2H3. The average molecular weight is 209 g/mol. The zero-order valence-corrected chi connectivity index (χ0v) is 8.64. The Balaban J connectivity index is 2.96. The maximum Gasteiger partial charge on any atom is 0.165 e. The van der Waals surface area contributed by atoms with Gasteiger partial charge in [0.05, 0.1) is 12.3 Å². The second-order valence-electron chi connectivity index (χ2n) is 3.48. The SMILES string of the molecule is CC(C)COc1c(F)cccc1N=[N+]=[N-]. The highest BCUT2D eigenvalue weighted by Crippen LogP contribution is 2.30. The molecular formula is C10H12FN3O. The summed E-state index contributed by atoms with van der Waals surface area (Å²) in [5, 5.41) is 3.36. The Morgan fingerprint density at radius 1 is 1.53 bits per heavy atom. The Morgan fingerprint density at radius 3 is 2.87 bits per heavy atom. The predicted octanol–water partition coefficient (Wildman–Crippen LogP) is 3.80. The van der Waals surface area contributed by atoms with E-state index in [9.17, 15) is 4.39 Å². The van der Waals surface area contributed by atoms with Crippen molar-refractivity contribution in [2.75, 3.05) is 6.61 Å². The summed E-state index contributed by atoms with van der Waals surface area (Å²) >= 11 is 0. The second kappa shape index (κ2) is 5.22. The molecule has 0 saturated heterocycles. The fraction of sp³-hybridized carbons (Fsp3) is 0.400. The molecule has 0 fully saturated rings. The van der Waals surface area contributed by atoms with Gasteiger partial charge in [-0.05, 0) is 23.6 Å². The van der Waals surface area contributed by atoms with E-state index in [2.05, 4.69) is 10.0 Å². The fourth-order valence-corrected chi connectivity index (χ4v) is 1.02. The number of ether oxygens (including phenoxy) is 1. The molecule has 1 rings (SSSR count). The number of halogens is 1. The van der Waals surface area contributed by atoms with Crippen molar-refractivity contribution >= 4 is 5.69 Å². The van der Waals surface area contributed by atoms with E-state index >= 15 is 0 Å². The smallest absolute Gasteiger partial charge is 0.165 e. The van der Waals surface area contributed by atoms with E-state index in [1.807, 2.05) is 13.8 Å². The molecule has 0 N–H and O–H groups in total. The van der Waals surface area contributed by atoms with Gasteiger partial charge in [-0.1, -0.05) is 25.0 Å². The van der Waals surface area contributed by atoms with E-state index in [0.717, 1.165) is 0 Å². The molecule has 4 nitrogen and oxygen atoms in total. The normalized spacial score (nSPS) is 9.87. The molecule has 15 heavy (non-hydrogen) atoms. The van der Waals surface area contributed by atoms with Gasteiger partial charge in [-0.25, -0.2) is 4.39 Å². The number of para-hydroxylation sites is 1. The zero-order chi connectivity index (χ0) is 11.3. The lowest BCUT2D eigenvalue weighted by Crippen LogP contribution is -2.05. The molecule has 0 unspecified atom stereocenters. The quantitative estimate of drug-likeness (QED) is 0.422. The van der Waals surface area contributed by atoms with Crippen LogP contribution in [-0.2, 0) is 0 Å². The van der Waals surface area contributed by atoms with E-state index in [-0.39, 0.29) is 17.4 Å². The van der Waals surface area contributed by atoms with Gasteiger partial charge in [-0.15, -0.1) is 0 Å². The molecule has 0 saturated carbocycles. The molecule has 5 heteroatoms. The Hall–Kier alpha value is -1.74. The van der Waals surface area contributed by atoms with Crippen LogP contribution in [0.3, 0.4) is 0 Å². The second-order valence-corrected chi connectivity index (χ2v) is 3.48. The third kappa shape index (κ3) is 3.14. The number of rotatable bonds is 4. The molecule has 0 heterocycles. The molecule has 0 atom stereocenters. The molecule has 1 aromatic carbocycles. The zero-order valence-electron chi connectivity index (χ0n) is 8.64. The molecule has 0 aliphatic rings. The Morgan fingerprint density at radius 2 is 2.27 bits per heavy atom. The highest BCUT2D eigenvalue weighted by molar-refractivity contribution is 5.52. The summed E-state index contributed by atoms with van der Waals surface area (Å²) in [6.07, 6.45) is 0. The highest BCUT2D eigenvalue weighted by Gasteiger charge is 2.08. The molecule has 0 aliphatic heterocycles. The predicted molar refractivity (Wildman–Crippen MR) is 55.5 cm³/mol. The van der Waals surface area contributed by atoms with E-state index in [0.29, 0.717) is 6.61 Å². The first-order valence-electron chi connectivity index (χ1n) is 4.61. The topological polar surface area (TPSA) is 58.0 Å². The largest absolute Gasteiger partial charge is 0.490 e. The molecule has 0 aromatic heterocycles. The third-order valence-electron chi connectivity index (χ3n) is 1.66. The summed E-state index contributed by atoms with van der Waals surface area (Å²) < 4.78 is 18.6. The van der Waals surface area contributed by atoms with Crippen LogP contribution < -0.4 is 4.74 Å². The first kappa shape index (κ1) is 11.3. The van der Waals surface area contributed by atoms with Gasteiger partial charge in [0, 0.05) is 4.91 Å². The van der Waals surface area contributed by atoms with E-state index in [4.69, 9.17) is 10.3 Å². The summed E-state index contributed by atoms with van der Waals surface area (Å²) in [5.74, 6) is -0.215. The van der Waals surface area contributed by atoms with Crippen LogP contribution in [0.4, 0.5) is 10.1 Å². The molecule has 0 aliphatic carbocycles. The van der Waals surface area contributed by atoms with Crippen LogP contribution >= 0.6 is 0 Å². The van der Waals surface area contributed by atoms with Crippen molar-refractivity contribution in [3.05, 3.63) is 34.5 Å². The fourth-order valence-electron chi connectivity index (χ4n) is 1.02. The van der Waals surface area contributed by atoms with Gasteiger partial charge >= 0.3 is 0 Å². The average Bonchev–Trinajstić information content (AvgIpc) is 2.17. The van der Waals surface area contributed by atoms with Gasteiger partial charge < -0.3 is 4.74 Å². The molecule has 0 radical (unpaired) electrons. The minimum absolute atomic E-state index is 0.0176. The van der Waals surface area contributed by atoms with Gasteiger partial charge in [0.15, 0.2) is 11.6 Å². The van der Waals surface area contributed by atoms with E-state index in [1.54, 1.807) is 0 Å². The van der Waals surface area contributed by atoms with Gasteiger partial charge in [0.1, 0.15) is 0 Å². The molecule has 0 amide bonds. The van der Waals surface area contributed by atoms with Gasteiger partial charge in [-0.3, -0.25) is 0 Å². The van der Waals surface area contributed by atoms with Crippen LogP contribution in [0.1, 0.15) is 13.8 Å². The van der Waals surface area contributed by atoms with Crippen molar-refractivity contribution in [2.24, 2.45) is 11.0 Å². The lowest BCUT2D eigenvalue weighted by atomic mass is 10.2. The first-order valence-corrected chi connectivity index (χ1v) is 4.61. The number of nitrogens with zero attached hydrogens (tertiary/aromatic N) is 3. The molecule has 80 valence electrons. The number of hydrogen-bond donors (Lipinski definition) is 0. The Kier molecular flexibility index (Phi) is 3.94. The third-order valence-corrected chi connectivity index (χ3v) is 1.66. The monoisotopic (exact) mass is 209 g/mol. The summed E-state index contributed by atoms with van der Waals surface area (Å²) in [6, 6.07) is 4.26. The maximum absolute atomic E-state index is 13.3. The summed E-state index contributed by atoms with van der Waals surface area (Å²) in [4.78, 5) is 2.61. The Labute approximate surface area is 87.3 Å². The van der Waals surface area contributed by atoms with Crippen molar-refractivity contribution < 1.29 is 9.13 Å². The van der Waals surface area contributed by atoms with Crippen molar-refractivity contribution in [1.82, 2.24) is 0 Å². The van der Waals surface area contributed by atoms with Crippen LogP contribution in [0.25, 0.3) is 10.4 Å². The van der Waals surface area contributed by atoms with Crippen molar-refractivity contribution in [3.8, 4) is 5.75 Å². The first-order chi connectivity index (χ1) is 7.15. The summed E-state index contributed by atoms with van der Waals surface area (Å²) in [7, 11) is 0. The summed E-state index contributed by atoms with van der Waals surface area (Å²) in [5.41, 5.74) is 8.47. The maximum atomic E-state index is 13.3. The van der Waals surface area contributed by atoms with Gasteiger partial charge in [0.2, 0.25) is 0 Å². The van der Waals surface area contributed by atoms with Crippen molar-refractivity contribution in [3.63, 3.8) is 0 Å². The van der Waals surface area contributed by atoms with E-state index in [1.165, 1.54) is 18.2 Å². The summed E-state index contributed by atoms with van der Waals surface area (Å²) in [6.45, 7) is 4.29. The van der Waals surface area contributed by atoms with Gasteiger partial charge in [0.25, 0.3) is 0 Å². The van der Waals surface area contributed by atoms with Crippen LogP contribution in [0.15, 0.2) is 23.3 Å². The lowest BCUT2D eigenvalue weighted by molar-refractivity contribution is 0.260. The molecule has 1 aromatic rings. The minimum atomic E-state index is -0.513. The molecular weight excluding hydrogens is 197 g/mol. The number of benzene rings is 1. The van der Waals surface area contributed by atoms with Crippen molar-refractivity contribution in [1.29, 1.82) is 0 Å². The molecule has 0 bridgehead atoms. The minimum Gasteiger partial charge on any atom is -0.490 e. The van der Waals surface area contributed by atoms with Crippen molar-refractivity contribution in [2.45, 2.75) is 13.8 Å². The lowest BCUT2D eigenvalue weighted by Gasteiger charge is -2.11. The number of hydrogen-bond acceptors (Lipinski definition) is 2. The van der Waals surface area contributed by atoms with Crippen LogP contribution in [-0.4, -0.2) is 6.61 Å². The van der Waals surface area contributed by atoms with Crippen LogP contribution in [0.5, 0.6) is 5.75 Å². The van der Waals surface area contributed by atoms with Crippen LogP contribution in [0, 0.1) is 11.7 Å². The highest BCUT2D eigenvalue weighted by atomic mass is 19.1. The van der Waals surface area contributed by atoms with Crippen LogP contribution in [0.2, 0.25) is 0 Å².